The summed E-state index contributed by atoms with van der Waals surface area (Å²) in [5.74, 6) is 3.40. The lowest BCUT2D eigenvalue weighted by atomic mass is 10.1. The van der Waals surface area contributed by atoms with Crippen molar-refractivity contribution >= 4 is 18.3 Å². The molecule has 0 radical (unpaired) electrons. The molecule has 1 atom stereocenters. The first-order chi connectivity index (χ1) is 15.4. The average Bonchev–Trinajstić information content (AvgIpc) is 3.08. The standard InChI is InChI=1S/C22H19F2N3O5/c1-31-16-6-4-14-10-27(21(29)17(14)8-16)11-15(26-22(30)25-12-28)5-3-13-7-18(23)19(24)9-20(13)32-2/h4,6-9,12,15H,10-11H2,1-2H3,(H2,25,26,28,30)/t15-/m1/s1. The van der Waals surface area contributed by atoms with Crippen LogP contribution in [0.5, 0.6) is 11.5 Å². The summed E-state index contributed by atoms with van der Waals surface area (Å²) >= 11 is 0. The highest BCUT2D eigenvalue weighted by molar-refractivity contribution is 5.98. The molecule has 1 heterocycles. The molecule has 0 saturated carbocycles. The monoisotopic (exact) mass is 443 g/mol. The number of halogens is 2. The number of methoxy groups -OCH3 is 2. The van der Waals surface area contributed by atoms with Crippen molar-refractivity contribution in [3.05, 3.63) is 58.7 Å². The lowest BCUT2D eigenvalue weighted by Gasteiger charge is -2.21. The molecule has 3 rings (SSSR count). The molecule has 0 bridgehead atoms. The molecule has 2 N–H and O–H groups in total. The number of nitrogens with one attached hydrogen (secondary N) is 2. The Morgan fingerprint density at radius 1 is 1.22 bits per heavy atom. The summed E-state index contributed by atoms with van der Waals surface area (Å²) in [6.07, 6.45) is 0.196. The summed E-state index contributed by atoms with van der Waals surface area (Å²) in [6, 6.07) is 5.08. The van der Waals surface area contributed by atoms with Gasteiger partial charge in [-0.15, -0.1) is 0 Å². The molecular formula is C22H19F2N3O5. The molecule has 2 aromatic rings. The van der Waals surface area contributed by atoms with Crippen molar-refractivity contribution in [3.63, 3.8) is 0 Å². The molecule has 8 nitrogen and oxygen atoms in total. The molecule has 0 saturated heterocycles. The molecule has 0 aliphatic carbocycles. The summed E-state index contributed by atoms with van der Waals surface area (Å²) in [6.45, 7) is 0.253. The SMILES string of the molecule is COc1ccc2c(c1)C(=O)N(C[C@@H](C#Cc1cc(F)c(F)cc1OC)NC(=O)NC=O)C2. The molecular weight excluding hydrogens is 424 g/mol. The number of fused-ring (bicyclic) bond motifs is 1. The fraction of sp³-hybridized carbons (Fsp3) is 0.227. The fourth-order valence-electron chi connectivity index (χ4n) is 3.18. The van der Waals surface area contributed by atoms with Crippen molar-refractivity contribution in [2.75, 3.05) is 20.8 Å². The second-order valence-corrected chi connectivity index (χ2v) is 6.73. The van der Waals surface area contributed by atoms with Gasteiger partial charge in [0.05, 0.1) is 26.3 Å². The van der Waals surface area contributed by atoms with Crippen LogP contribution in [0.25, 0.3) is 0 Å². The van der Waals surface area contributed by atoms with Gasteiger partial charge in [-0.2, -0.15) is 0 Å². The van der Waals surface area contributed by atoms with Gasteiger partial charge in [0.1, 0.15) is 17.5 Å². The maximum absolute atomic E-state index is 13.6. The highest BCUT2D eigenvalue weighted by atomic mass is 19.2. The molecule has 0 spiro atoms. The van der Waals surface area contributed by atoms with Crippen LogP contribution < -0.4 is 20.1 Å². The van der Waals surface area contributed by atoms with Gasteiger partial charge in [-0.1, -0.05) is 17.9 Å². The maximum atomic E-state index is 13.6. The number of benzene rings is 2. The number of carbonyl (C=O) groups is 3. The van der Waals surface area contributed by atoms with Crippen LogP contribution in [0.1, 0.15) is 21.5 Å². The first kappa shape index (κ1) is 22.6. The number of hydrogen-bond acceptors (Lipinski definition) is 5. The average molecular weight is 443 g/mol. The van der Waals surface area contributed by atoms with Gasteiger partial charge in [0.25, 0.3) is 5.91 Å². The molecule has 0 aromatic heterocycles. The van der Waals surface area contributed by atoms with Crippen LogP contribution in [0.2, 0.25) is 0 Å². The Kier molecular flexibility index (Phi) is 6.90. The van der Waals surface area contributed by atoms with E-state index < -0.39 is 23.7 Å². The van der Waals surface area contributed by atoms with Crippen LogP contribution in [-0.4, -0.2) is 50.1 Å². The Bertz CT molecular complexity index is 1130. The summed E-state index contributed by atoms with van der Waals surface area (Å²) in [4.78, 5) is 36.7. The molecule has 4 amide bonds. The quantitative estimate of drug-likeness (QED) is 0.525. The lowest BCUT2D eigenvalue weighted by Crippen LogP contribution is -2.46. The number of imide groups is 1. The highest BCUT2D eigenvalue weighted by Gasteiger charge is 2.29. The van der Waals surface area contributed by atoms with Gasteiger partial charge in [-0.3, -0.25) is 14.9 Å². The third-order valence-corrected chi connectivity index (χ3v) is 4.72. The summed E-state index contributed by atoms with van der Waals surface area (Å²) < 4.78 is 37.3. The summed E-state index contributed by atoms with van der Waals surface area (Å²) in [5.41, 5.74) is 1.30. The third-order valence-electron chi connectivity index (χ3n) is 4.72. The van der Waals surface area contributed by atoms with Gasteiger partial charge in [-0.25, -0.2) is 13.6 Å². The van der Waals surface area contributed by atoms with Crippen molar-refractivity contribution in [2.24, 2.45) is 0 Å². The Morgan fingerprint density at radius 3 is 2.66 bits per heavy atom. The van der Waals surface area contributed by atoms with Gasteiger partial charge in [0.2, 0.25) is 6.41 Å². The van der Waals surface area contributed by atoms with E-state index >= 15 is 0 Å². The minimum atomic E-state index is -1.11. The van der Waals surface area contributed by atoms with Crippen LogP contribution in [0.3, 0.4) is 0 Å². The number of carbonyl (C=O) groups excluding carboxylic acids is 3. The van der Waals surface area contributed by atoms with E-state index in [2.05, 4.69) is 17.2 Å². The first-order valence-corrected chi connectivity index (χ1v) is 9.37. The van der Waals surface area contributed by atoms with E-state index in [1.807, 2.05) is 5.32 Å². The Labute approximate surface area is 182 Å². The Hall–Kier alpha value is -4.13. The normalized spacial score (nSPS) is 12.9. The molecule has 2 aromatic carbocycles. The molecule has 32 heavy (non-hydrogen) atoms. The van der Waals surface area contributed by atoms with E-state index in [1.165, 1.54) is 19.1 Å². The lowest BCUT2D eigenvalue weighted by molar-refractivity contribution is -0.108. The molecule has 0 fully saturated rings. The van der Waals surface area contributed by atoms with Crippen molar-refractivity contribution in [3.8, 4) is 23.3 Å². The van der Waals surface area contributed by atoms with Crippen LogP contribution in [-0.2, 0) is 11.3 Å². The zero-order chi connectivity index (χ0) is 23.3. The Morgan fingerprint density at radius 2 is 1.97 bits per heavy atom. The van der Waals surface area contributed by atoms with E-state index in [0.29, 0.717) is 11.3 Å². The van der Waals surface area contributed by atoms with E-state index in [0.717, 1.165) is 17.7 Å². The summed E-state index contributed by atoms with van der Waals surface area (Å²) in [5, 5.41) is 4.40. The minimum absolute atomic E-state index is 0.00393. The largest absolute Gasteiger partial charge is 0.497 e. The van der Waals surface area contributed by atoms with Crippen LogP contribution in [0.4, 0.5) is 13.6 Å². The van der Waals surface area contributed by atoms with E-state index in [9.17, 15) is 23.2 Å². The van der Waals surface area contributed by atoms with Crippen molar-refractivity contribution < 1.29 is 32.6 Å². The molecule has 10 heteroatoms. The number of ether oxygens (including phenoxy) is 2. The zero-order valence-electron chi connectivity index (χ0n) is 17.2. The van der Waals surface area contributed by atoms with Gasteiger partial charge in [0, 0.05) is 18.2 Å². The van der Waals surface area contributed by atoms with Gasteiger partial charge in [0.15, 0.2) is 11.6 Å². The molecule has 166 valence electrons. The maximum Gasteiger partial charge on any atom is 0.322 e. The van der Waals surface area contributed by atoms with Gasteiger partial charge in [-0.05, 0) is 23.8 Å². The highest BCUT2D eigenvalue weighted by Crippen LogP contribution is 2.27. The number of amides is 4. The predicted molar refractivity (Wildman–Crippen MR) is 109 cm³/mol. The van der Waals surface area contributed by atoms with Crippen LogP contribution in [0, 0.1) is 23.5 Å². The number of urea groups is 1. The van der Waals surface area contributed by atoms with Crippen molar-refractivity contribution in [1.29, 1.82) is 0 Å². The molecule has 1 aliphatic heterocycles. The smallest absolute Gasteiger partial charge is 0.322 e. The van der Waals surface area contributed by atoms with E-state index in [4.69, 9.17) is 9.47 Å². The number of nitrogens with zero attached hydrogens (tertiary/aromatic N) is 1. The zero-order valence-corrected chi connectivity index (χ0v) is 17.2. The minimum Gasteiger partial charge on any atom is -0.497 e. The number of hydrogen-bond donors (Lipinski definition) is 2. The van der Waals surface area contributed by atoms with Crippen molar-refractivity contribution in [1.82, 2.24) is 15.5 Å². The van der Waals surface area contributed by atoms with E-state index in [-0.39, 0.29) is 36.7 Å². The Balaban J connectivity index is 1.86. The van der Waals surface area contributed by atoms with Gasteiger partial charge >= 0.3 is 6.03 Å². The molecule has 0 unspecified atom stereocenters. The molecule has 1 aliphatic rings. The predicted octanol–water partition coefficient (Wildman–Crippen LogP) is 1.81. The second-order valence-electron chi connectivity index (χ2n) is 6.73. The van der Waals surface area contributed by atoms with Crippen LogP contribution >= 0.6 is 0 Å². The van der Waals surface area contributed by atoms with E-state index in [1.54, 1.807) is 18.2 Å². The summed E-state index contributed by atoms with van der Waals surface area (Å²) in [7, 11) is 2.77. The third kappa shape index (κ3) is 4.95. The number of rotatable bonds is 6. The van der Waals surface area contributed by atoms with Crippen molar-refractivity contribution in [2.45, 2.75) is 12.6 Å². The topological polar surface area (TPSA) is 97.0 Å². The first-order valence-electron chi connectivity index (χ1n) is 9.37. The van der Waals surface area contributed by atoms with Crippen LogP contribution in [0.15, 0.2) is 30.3 Å². The fourth-order valence-corrected chi connectivity index (χ4v) is 3.18. The second kappa shape index (κ2) is 9.78. The van der Waals surface area contributed by atoms with Gasteiger partial charge < -0.3 is 19.7 Å².